The van der Waals surface area contributed by atoms with E-state index in [9.17, 15) is 4.79 Å². The van der Waals surface area contributed by atoms with Crippen molar-refractivity contribution in [2.45, 2.75) is 58.4 Å². The van der Waals surface area contributed by atoms with Crippen LogP contribution in [0.15, 0.2) is 11.5 Å². The van der Waals surface area contributed by atoms with Crippen LogP contribution in [0.25, 0.3) is 16.1 Å². The van der Waals surface area contributed by atoms with Crippen molar-refractivity contribution in [2.75, 3.05) is 25.1 Å². The summed E-state index contributed by atoms with van der Waals surface area (Å²) in [7, 11) is 0. The Balaban J connectivity index is 1.59. The van der Waals surface area contributed by atoms with Crippen molar-refractivity contribution in [2.24, 2.45) is 0 Å². The first-order valence-electron chi connectivity index (χ1n) is 10.5. The van der Waals surface area contributed by atoms with E-state index in [2.05, 4.69) is 35.9 Å². The number of thiophene rings is 1. The van der Waals surface area contributed by atoms with Gasteiger partial charge in [-0.3, -0.25) is 4.79 Å². The Hall–Kier alpha value is -1.54. The lowest BCUT2D eigenvalue weighted by molar-refractivity contribution is -0.116. The molecule has 1 aliphatic heterocycles. The second-order valence-electron chi connectivity index (χ2n) is 7.91. The highest BCUT2D eigenvalue weighted by molar-refractivity contribution is 7.18. The van der Waals surface area contributed by atoms with Gasteiger partial charge in [-0.2, -0.15) is 0 Å². The fourth-order valence-corrected chi connectivity index (χ4v) is 6.13. The van der Waals surface area contributed by atoms with E-state index >= 15 is 0 Å². The number of thiazole rings is 1. The molecule has 2 aliphatic rings. The number of aryl methyl sites for hydroxylation is 1. The summed E-state index contributed by atoms with van der Waals surface area (Å²) in [6.07, 6.45) is 8.16. The van der Waals surface area contributed by atoms with Gasteiger partial charge in [0.1, 0.15) is 10.0 Å². The van der Waals surface area contributed by atoms with Crippen LogP contribution in [0.1, 0.15) is 55.7 Å². The van der Waals surface area contributed by atoms with E-state index in [4.69, 9.17) is 9.72 Å². The fourth-order valence-electron chi connectivity index (χ4n) is 3.84. The number of fused-ring (bicyclic) bond motifs is 1. The van der Waals surface area contributed by atoms with Gasteiger partial charge < -0.3 is 15.4 Å². The van der Waals surface area contributed by atoms with E-state index in [1.54, 1.807) is 22.7 Å². The summed E-state index contributed by atoms with van der Waals surface area (Å²) in [6, 6.07) is 0.389. The monoisotopic (exact) mass is 431 g/mol. The summed E-state index contributed by atoms with van der Waals surface area (Å²) >= 11 is 3.44. The number of carbonyl (C=O) groups is 1. The Labute approximate surface area is 180 Å². The van der Waals surface area contributed by atoms with Crippen LogP contribution in [-0.4, -0.2) is 36.7 Å². The Morgan fingerprint density at radius 3 is 2.93 bits per heavy atom. The molecular formula is C22H29N3O2S2. The Morgan fingerprint density at radius 1 is 1.28 bits per heavy atom. The first-order valence-corrected chi connectivity index (χ1v) is 12.2. The molecule has 0 unspecified atom stereocenters. The fraction of sp³-hybridized carbons (Fsp3) is 0.545. The number of anilines is 1. The Kier molecular flexibility index (Phi) is 6.80. The summed E-state index contributed by atoms with van der Waals surface area (Å²) in [6.45, 7) is 6.32. The highest BCUT2D eigenvalue weighted by atomic mass is 32.1. The third-order valence-corrected chi connectivity index (χ3v) is 7.41. The molecule has 2 aromatic rings. The summed E-state index contributed by atoms with van der Waals surface area (Å²) in [5, 5.41) is 10.7. The number of hydrogen-bond donors (Lipinski definition) is 2. The van der Waals surface area contributed by atoms with E-state index in [0.717, 1.165) is 41.6 Å². The molecule has 29 heavy (non-hydrogen) atoms. The van der Waals surface area contributed by atoms with Gasteiger partial charge in [-0.1, -0.05) is 19.9 Å². The number of nitrogens with zero attached hydrogens (tertiary/aromatic N) is 1. The largest absolute Gasteiger partial charge is 0.377 e. The molecule has 1 aliphatic carbocycles. The van der Waals surface area contributed by atoms with Crippen LogP contribution in [0.4, 0.5) is 5.00 Å². The maximum Gasteiger partial charge on any atom is 0.226 e. The van der Waals surface area contributed by atoms with Crippen molar-refractivity contribution in [3.05, 3.63) is 27.6 Å². The molecule has 0 radical (unpaired) electrons. The van der Waals surface area contributed by atoms with Crippen LogP contribution >= 0.6 is 22.7 Å². The molecule has 2 N–H and O–H groups in total. The molecule has 0 aromatic carbocycles. The van der Waals surface area contributed by atoms with Crippen LogP contribution in [0.5, 0.6) is 0 Å². The molecule has 7 heteroatoms. The second kappa shape index (κ2) is 9.51. The highest BCUT2D eigenvalue weighted by Gasteiger charge is 2.25. The normalized spacial score (nSPS) is 16.6. The first-order chi connectivity index (χ1) is 14.1. The van der Waals surface area contributed by atoms with E-state index in [-0.39, 0.29) is 5.91 Å². The molecule has 4 rings (SSSR count). The van der Waals surface area contributed by atoms with Gasteiger partial charge in [-0.05, 0) is 43.2 Å². The lowest BCUT2D eigenvalue weighted by atomic mass is 9.95. The number of nitrogens with one attached hydrogen (secondary N) is 2. The Bertz CT molecular complexity index is 898. The number of ether oxygens (including phenoxy) is 1. The molecule has 0 spiro atoms. The van der Waals surface area contributed by atoms with Gasteiger partial charge in [-0.25, -0.2) is 4.98 Å². The average molecular weight is 432 g/mol. The first kappa shape index (κ1) is 20.7. The van der Waals surface area contributed by atoms with Gasteiger partial charge in [0.15, 0.2) is 0 Å². The molecule has 0 saturated heterocycles. The van der Waals surface area contributed by atoms with Gasteiger partial charge in [-0.15, -0.1) is 22.7 Å². The van der Waals surface area contributed by atoms with Crippen LogP contribution in [0.3, 0.4) is 0 Å². The molecule has 0 fully saturated rings. The molecule has 5 nitrogen and oxygen atoms in total. The minimum Gasteiger partial charge on any atom is -0.377 e. The number of hydrogen-bond acceptors (Lipinski definition) is 6. The predicted molar refractivity (Wildman–Crippen MR) is 122 cm³/mol. The topological polar surface area (TPSA) is 63.2 Å². The summed E-state index contributed by atoms with van der Waals surface area (Å²) in [5.74, 6) is 0.0712. The smallest absolute Gasteiger partial charge is 0.226 e. The SMILES string of the molecule is CC(C)NCCC(=O)Nc1sc2c(c1-c1nc(C3=CCOCC3)cs1)CCCC2. The maximum atomic E-state index is 12.6. The van der Waals surface area contributed by atoms with Gasteiger partial charge in [0, 0.05) is 34.8 Å². The molecule has 0 atom stereocenters. The van der Waals surface area contributed by atoms with E-state index in [0.29, 0.717) is 25.6 Å². The lowest BCUT2D eigenvalue weighted by Crippen LogP contribution is -2.27. The molecular weight excluding hydrogens is 402 g/mol. The van der Waals surface area contributed by atoms with Crippen molar-refractivity contribution in [1.29, 1.82) is 0 Å². The Morgan fingerprint density at radius 2 is 2.14 bits per heavy atom. The van der Waals surface area contributed by atoms with E-state index < -0.39 is 0 Å². The summed E-state index contributed by atoms with van der Waals surface area (Å²) < 4.78 is 5.43. The maximum absolute atomic E-state index is 12.6. The van der Waals surface area contributed by atoms with E-state index in [1.165, 1.54) is 34.4 Å². The van der Waals surface area contributed by atoms with Gasteiger partial charge in [0.05, 0.1) is 18.9 Å². The van der Waals surface area contributed by atoms with Gasteiger partial charge in [0.2, 0.25) is 5.91 Å². The summed E-state index contributed by atoms with van der Waals surface area (Å²) in [4.78, 5) is 19.0. The molecule has 0 saturated carbocycles. The average Bonchev–Trinajstić information content (AvgIpc) is 3.32. The van der Waals surface area contributed by atoms with Crippen molar-refractivity contribution < 1.29 is 9.53 Å². The van der Waals surface area contributed by atoms with Crippen molar-refractivity contribution in [1.82, 2.24) is 10.3 Å². The zero-order valence-corrected chi connectivity index (χ0v) is 18.8. The standard InChI is InChI=1S/C22H29N3O2S2/c1-14(2)23-10-7-19(26)25-22-20(16-5-3-4-6-18(16)29-22)21-24-17(13-28-21)15-8-11-27-12-9-15/h8,13-14,23H,3-7,9-12H2,1-2H3,(H,25,26). The lowest BCUT2D eigenvalue weighted by Gasteiger charge is -2.12. The van der Waals surface area contributed by atoms with Gasteiger partial charge >= 0.3 is 0 Å². The highest BCUT2D eigenvalue weighted by Crippen LogP contribution is 2.45. The van der Waals surface area contributed by atoms with Crippen LogP contribution < -0.4 is 10.6 Å². The van der Waals surface area contributed by atoms with Crippen LogP contribution in [0.2, 0.25) is 0 Å². The number of amides is 1. The second-order valence-corrected chi connectivity index (χ2v) is 9.88. The number of aromatic nitrogens is 1. The zero-order chi connectivity index (χ0) is 20.2. The molecule has 0 bridgehead atoms. The van der Waals surface area contributed by atoms with Crippen LogP contribution in [0, 0.1) is 0 Å². The summed E-state index contributed by atoms with van der Waals surface area (Å²) in [5.41, 5.74) is 4.90. The molecule has 1 amide bonds. The third kappa shape index (κ3) is 4.97. The van der Waals surface area contributed by atoms with Crippen molar-refractivity contribution >= 4 is 39.2 Å². The molecule has 3 heterocycles. The van der Waals surface area contributed by atoms with E-state index in [1.807, 2.05) is 0 Å². The zero-order valence-electron chi connectivity index (χ0n) is 17.2. The van der Waals surface area contributed by atoms with Crippen molar-refractivity contribution in [3.63, 3.8) is 0 Å². The minimum atomic E-state index is 0.0712. The number of carbonyl (C=O) groups excluding carboxylic acids is 1. The minimum absolute atomic E-state index is 0.0712. The molecule has 156 valence electrons. The van der Waals surface area contributed by atoms with Gasteiger partial charge in [0.25, 0.3) is 0 Å². The molecule has 2 aromatic heterocycles. The predicted octanol–water partition coefficient (Wildman–Crippen LogP) is 4.88. The van der Waals surface area contributed by atoms with Crippen LogP contribution in [-0.2, 0) is 22.4 Å². The third-order valence-electron chi connectivity index (χ3n) is 5.34. The van der Waals surface area contributed by atoms with Crippen molar-refractivity contribution in [3.8, 4) is 10.6 Å². The number of rotatable bonds is 7. The quantitative estimate of drug-likeness (QED) is 0.656.